The molecular formula is C19H31F3N4O2. The summed E-state index contributed by atoms with van der Waals surface area (Å²) in [6.45, 7) is 3.44. The van der Waals surface area contributed by atoms with E-state index in [0.717, 1.165) is 16.9 Å². The Hall–Kier alpha value is -2.00. The summed E-state index contributed by atoms with van der Waals surface area (Å²) < 4.78 is 47.7. The fourth-order valence-electron chi connectivity index (χ4n) is 2.52. The lowest BCUT2D eigenvalue weighted by Gasteiger charge is -2.19. The van der Waals surface area contributed by atoms with Gasteiger partial charge < -0.3 is 20.1 Å². The number of rotatable bonds is 11. The standard InChI is InChI=1S/C19H31F3N4O2/c1-15-6-7-16(17(12-15)28-11-10-27-4)13-25-18(23-2)24-8-5-9-26(3)14-19(20,21)22/h6-7,12H,5,8-11,13-14H2,1-4H3,(H2,23,24,25). The zero-order valence-corrected chi connectivity index (χ0v) is 17.0. The van der Waals surface area contributed by atoms with Crippen molar-refractivity contribution in [3.05, 3.63) is 29.3 Å². The highest BCUT2D eigenvalue weighted by Crippen LogP contribution is 2.20. The molecule has 0 heterocycles. The van der Waals surface area contributed by atoms with Crippen LogP contribution in [0.4, 0.5) is 13.2 Å². The Morgan fingerprint density at radius 1 is 1.21 bits per heavy atom. The molecule has 0 bridgehead atoms. The summed E-state index contributed by atoms with van der Waals surface area (Å²) in [5.74, 6) is 1.37. The van der Waals surface area contributed by atoms with E-state index in [-0.39, 0.29) is 0 Å². The van der Waals surface area contributed by atoms with Crippen LogP contribution in [0.25, 0.3) is 0 Å². The Balaban J connectivity index is 2.43. The molecule has 0 saturated heterocycles. The van der Waals surface area contributed by atoms with Crippen molar-refractivity contribution in [1.82, 2.24) is 15.5 Å². The number of hydrogen-bond donors (Lipinski definition) is 2. The van der Waals surface area contributed by atoms with E-state index < -0.39 is 12.7 Å². The monoisotopic (exact) mass is 404 g/mol. The zero-order valence-electron chi connectivity index (χ0n) is 17.0. The maximum atomic E-state index is 12.3. The van der Waals surface area contributed by atoms with Gasteiger partial charge in [-0.05, 0) is 38.6 Å². The lowest BCUT2D eigenvalue weighted by atomic mass is 10.1. The van der Waals surface area contributed by atoms with Crippen molar-refractivity contribution in [3.8, 4) is 5.75 Å². The molecule has 1 rings (SSSR count). The van der Waals surface area contributed by atoms with E-state index in [9.17, 15) is 13.2 Å². The van der Waals surface area contributed by atoms with Gasteiger partial charge in [0, 0.05) is 32.8 Å². The highest BCUT2D eigenvalue weighted by Gasteiger charge is 2.28. The van der Waals surface area contributed by atoms with Gasteiger partial charge in [-0.2, -0.15) is 13.2 Å². The quantitative estimate of drug-likeness (QED) is 0.337. The number of ether oxygens (including phenoxy) is 2. The molecule has 6 nitrogen and oxygen atoms in total. The molecule has 0 spiro atoms. The van der Waals surface area contributed by atoms with E-state index in [2.05, 4.69) is 15.6 Å². The molecule has 0 aliphatic carbocycles. The molecule has 1 aromatic rings. The molecule has 28 heavy (non-hydrogen) atoms. The van der Waals surface area contributed by atoms with Gasteiger partial charge in [0.2, 0.25) is 0 Å². The number of hydrogen-bond acceptors (Lipinski definition) is 4. The van der Waals surface area contributed by atoms with Crippen molar-refractivity contribution in [1.29, 1.82) is 0 Å². The first-order valence-electron chi connectivity index (χ1n) is 9.16. The Morgan fingerprint density at radius 2 is 1.96 bits per heavy atom. The second-order valence-corrected chi connectivity index (χ2v) is 6.51. The Morgan fingerprint density at radius 3 is 2.61 bits per heavy atom. The largest absolute Gasteiger partial charge is 0.491 e. The van der Waals surface area contributed by atoms with Crippen molar-refractivity contribution in [3.63, 3.8) is 0 Å². The van der Waals surface area contributed by atoms with Crippen molar-refractivity contribution in [2.75, 3.05) is 54.1 Å². The zero-order chi connectivity index (χ0) is 21.0. The van der Waals surface area contributed by atoms with Crippen LogP contribution in [0.2, 0.25) is 0 Å². The molecule has 0 atom stereocenters. The van der Waals surface area contributed by atoms with Gasteiger partial charge in [0.25, 0.3) is 0 Å². The van der Waals surface area contributed by atoms with E-state index in [1.807, 2.05) is 25.1 Å². The number of benzene rings is 1. The summed E-state index contributed by atoms with van der Waals surface area (Å²) >= 11 is 0. The lowest BCUT2D eigenvalue weighted by molar-refractivity contribution is -0.143. The highest BCUT2D eigenvalue weighted by atomic mass is 19.4. The minimum atomic E-state index is -4.17. The van der Waals surface area contributed by atoms with E-state index in [1.165, 1.54) is 11.9 Å². The number of nitrogens with one attached hydrogen (secondary N) is 2. The maximum Gasteiger partial charge on any atom is 0.401 e. The average Bonchev–Trinajstić information content (AvgIpc) is 2.61. The first kappa shape index (κ1) is 24.0. The summed E-state index contributed by atoms with van der Waals surface area (Å²) in [6.07, 6.45) is -3.60. The minimum absolute atomic E-state index is 0.346. The van der Waals surface area contributed by atoms with E-state index >= 15 is 0 Å². The normalized spacial score (nSPS) is 12.4. The maximum absolute atomic E-state index is 12.3. The Kier molecular flexibility index (Phi) is 10.7. The number of nitrogens with zero attached hydrogens (tertiary/aromatic N) is 2. The SMILES string of the molecule is CN=C(NCCCN(C)CC(F)(F)F)NCc1ccc(C)cc1OCCOC. The van der Waals surface area contributed by atoms with Crippen LogP contribution in [0, 0.1) is 6.92 Å². The predicted molar refractivity (Wildman–Crippen MR) is 105 cm³/mol. The molecule has 1 aromatic carbocycles. The summed E-state index contributed by atoms with van der Waals surface area (Å²) in [7, 11) is 4.73. The van der Waals surface area contributed by atoms with Crippen LogP contribution in [0.1, 0.15) is 17.5 Å². The van der Waals surface area contributed by atoms with Crippen LogP contribution in [-0.2, 0) is 11.3 Å². The molecule has 160 valence electrons. The summed E-state index contributed by atoms with van der Waals surface area (Å²) in [5.41, 5.74) is 2.08. The molecule has 0 unspecified atom stereocenters. The van der Waals surface area contributed by atoms with Crippen molar-refractivity contribution >= 4 is 5.96 Å². The van der Waals surface area contributed by atoms with Gasteiger partial charge in [-0.3, -0.25) is 9.89 Å². The number of alkyl halides is 3. The highest BCUT2D eigenvalue weighted by molar-refractivity contribution is 5.79. The number of aryl methyl sites for hydroxylation is 1. The summed E-state index contributed by atoms with van der Waals surface area (Å²) in [6, 6.07) is 5.97. The molecule has 2 N–H and O–H groups in total. The third-order valence-electron chi connectivity index (χ3n) is 3.90. The van der Waals surface area contributed by atoms with Gasteiger partial charge in [-0.15, -0.1) is 0 Å². The Bertz CT molecular complexity index is 609. The van der Waals surface area contributed by atoms with E-state index in [4.69, 9.17) is 9.47 Å². The second kappa shape index (κ2) is 12.5. The number of guanidine groups is 1. The van der Waals surface area contributed by atoms with Crippen LogP contribution in [0.5, 0.6) is 5.75 Å². The first-order valence-corrected chi connectivity index (χ1v) is 9.16. The molecule has 0 amide bonds. The van der Waals surface area contributed by atoms with Crippen molar-refractivity contribution < 1.29 is 22.6 Å². The second-order valence-electron chi connectivity index (χ2n) is 6.51. The first-order chi connectivity index (χ1) is 13.2. The van der Waals surface area contributed by atoms with Crippen LogP contribution in [-0.4, -0.2) is 71.1 Å². The van der Waals surface area contributed by atoms with Crippen LogP contribution in [0.3, 0.4) is 0 Å². The minimum Gasteiger partial charge on any atom is -0.491 e. The third-order valence-corrected chi connectivity index (χ3v) is 3.90. The molecule has 0 aliphatic rings. The average molecular weight is 404 g/mol. The molecule has 0 fully saturated rings. The van der Waals surface area contributed by atoms with Gasteiger partial charge in [0.1, 0.15) is 12.4 Å². The molecule has 0 saturated carbocycles. The predicted octanol–water partition coefficient (Wildman–Crippen LogP) is 2.57. The smallest absolute Gasteiger partial charge is 0.401 e. The van der Waals surface area contributed by atoms with Crippen LogP contribution in [0.15, 0.2) is 23.2 Å². The van der Waals surface area contributed by atoms with Gasteiger partial charge in [0.15, 0.2) is 5.96 Å². The summed E-state index contributed by atoms with van der Waals surface area (Å²) in [4.78, 5) is 5.40. The van der Waals surface area contributed by atoms with E-state index in [0.29, 0.717) is 45.2 Å². The molecule has 0 aliphatic heterocycles. The number of methoxy groups -OCH3 is 1. The van der Waals surface area contributed by atoms with Crippen molar-refractivity contribution in [2.45, 2.75) is 26.1 Å². The third kappa shape index (κ3) is 10.4. The topological polar surface area (TPSA) is 58.1 Å². The van der Waals surface area contributed by atoms with E-state index in [1.54, 1.807) is 14.2 Å². The number of aliphatic imine (C=N–C) groups is 1. The summed E-state index contributed by atoms with van der Waals surface area (Å²) in [5, 5.41) is 6.31. The Labute approximate surface area is 165 Å². The van der Waals surface area contributed by atoms with Gasteiger partial charge in [-0.25, -0.2) is 0 Å². The fraction of sp³-hybridized carbons (Fsp3) is 0.632. The fourth-order valence-corrected chi connectivity index (χ4v) is 2.52. The van der Waals surface area contributed by atoms with Gasteiger partial charge in [-0.1, -0.05) is 12.1 Å². The van der Waals surface area contributed by atoms with Crippen LogP contribution >= 0.6 is 0 Å². The van der Waals surface area contributed by atoms with Crippen molar-refractivity contribution in [2.24, 2.45) is 4.99 Å². The van der Waals surface area contributed by atoms with Gasteiger partial charge in [0.05, 0.1) is 13.2 Å². The van der Waals surface area contributed by atoms with Crippen LogP contribution < -0.4 is 15.4 Å². The molecule has 0 radical (unpaired) electrons. The lowest BCUT2D eigenvalue weighted by Crippen LogP contribution is -2.39. The van der Waals surface area contributed by atoms with Gasteiger partial charge >= 0.3 is 6.18 Å². The molecule has 0 aromatic heterocycles. The molecular weight excluding hydrogens is 373 g/mol. The molecule has 9 heteroatoms. The number of halogens is 3.